The van der Waals surface area contributed by atoms with E-state index >= 15 is 0 Å². The molecule has 1 aromatic carbocycles. The average molecular weight is 505 g/mol. The van der Waals surface area contributed by atoms with Crippen molar-refractivity contribution in [2.75, 3.05) is 6.61 Å². The molecule has 0 unspecified atom stereocenters. The molecule has 2 aromatic rings. The summed E-state index contributed by atoms with van der Waals surface area (Å²) in [6, 6.07) is 4.10. The van der Waals surface area contributed by atoms with E-state index in [9.17, 15) is 22.4 Å². The Labute approximate surface area is 196 Å². The van der Waals surface area contributed by atoms with Crippen LogP contribution in [0.5, 0.6) is 5.75 Å². The van der Waals surface area contributed by atoms with Gasteiger partial charge in [0.1, 0.15) is 18.2 Å². The molecule has 0 amide bonds. The minimum absolute atomic E-state index is 0.00207. The molecule has 0 N–H and O–H groups in total. The Kier molecular flexibility index (Phi) is 5.84. The molecule has 1 heterocycles. The normalized spacial score (nSPS) is 29.7. The van der Waals surface area contributed by atoms with E-state index in [1.165, 1.54) is 18.2 Å². The Morgan fingerprint density at radius 2 is 1.91 bits per heavy atom. The minimum Gasteiger partial charge on any atom is -0.484 e. The second kappa shape index (κ2) is 8.46. The Hall–Kier alpha value is -2.24. The Balaban J connectivity index is 1.03. The zero-order valence-corrected chi connectivity index (χ0v) is 18.6. The molecule has 4 aliphatic carbocycles. The van der Waals surface area contributed by atoms with Gasteiger partial charge in [-0.1, -0.05) is 11.6 Å². The van der Waals surface area contributed by atoms with Gasteiger partial charge in [-0.25, -0.2) is 4.39 Å². The number of aromatic nitrogens is 2. The zero-order valence-electron chi connectivity index (χ0n) is 17.9. The van der Waals surface area contributed by atoms with Crippen LogP contribution in [-0.4, -0.2) is 41.2 Å². The summed E-state index contributed by atoms with van der Waals surface area (Å²) in [6.45, 7) is -0.118. The summed E-state index contributed by atoms with van der Waals surface area (Å²) in [7, 11) is 0. The molecule has 0 saturated heterocycles. The van der Waals surface area contributed by atoms with Crippen molar-refractivity contribution >= 4 is 17.4 Å². The smallest absolute Gasteiger partial charge is 0.484 e. The first-order chi connectivity index (χ1) is 16.0. The van der Waals surface area contributed by atoms with Crippen LogP contribution in [0.1, 0.15) is 50.3 Å². The maximum atomic E-state index is 13.5. The Bertz CT molecular complexity index is 1070. The molecule has 4 saturated carbocycles. The first-order valence-corrected chi connectivity index (χ1v) is 11.2. The summed E-state index contributed by atoms with van der Waals surface area (Å²) in [4.78, 5) is 12.3. The fraction of sp³-hybridized carbons (Fsp3) is 0.591. The first-order valence-electron chi connectivity index (χ1n) is 10.8. The zero-order chi connectivity index (χ0) is 24.1. The number of ketones is 1. The van der Waals surface area contributed by atoms with E-state index in [0.29, 0.717) is 12.3 Å². The maximum Gasteiger partial charge on any atom is 0.522 e. The number of rotatable bonds is 10. The molecule has 1 aromatic heterocycles. The lowest BCUT2D eigenvalue weighted by molar-refractivity contribution is -0.357. The second-order valence-electron chi connectivity index (χ2n) is 9.48. The van der Waals surface area contributed by atoms with Gasteiger partial charge >= 0.3 is 6.36 Å². The molecule has 4 aliphatic rings. The topological polar surface area (TPSA) is 83.7 Å². The molecule has 0 radical (unpaired) electrons. The second-order valence-corrected chi connectivity index (χ2v) is 9.89. The predicted octanol–water partition coefficient (Wildman–Crippen LogP) is 4.91. The summed E-state index contributed by atoms with van der Waals surface area (Å²) in [6.07, 6.45) is -3.03. The van der Waals surface area contributed by atoms with Gasteiger partial charge in [0, 0.05) is 25.3 Å². The molecule has 4 fully saturated rings. The number of halogens is 5. The van der Waals surface area contributed by atoms with Crippen molar-refractivity contribution < 1.29 is 41.0 Å². The third-order valence-electron chi connectivity index (χ3n) is 6.72. The lowest BCUT2D eigenvalue weighted by Crippen LogP contribution is -2.65. The van der Waals surface area contributed by atoms with Crippen LogP contribution in [0.3, 0.4) is 0 Å². The van der Waals surface area contributed by atoms with E-state index < -0.39 is 18.3 Å². The fourth-order valence-corrected chi connectivity index (χ4v) is 5.39. The summed E-state index contributed by atoms with van der Waals surface area (Å²) >= 11 is 5.65. The molecular formula is C22H21ClF4N2O5. The molecule has 0 spiro atoms. The summed E-state index contributed by atoms with van der Waals surface area (Å²) in [5.41, 5.74) is -0.331. The molecule has 0 aliphatic heterocycles. The van der Waals surface area contributed by atoms with Crippen molar-refractivity contribution in [1.82, 2.24) is 10.2 Å². The third kappa shape index (κ3) is 4.78. The maximum absolute atomic E-state index is 13.5. The van der Waals surface area contributed by atoms with E-state index in [1.807, 2.05) is 0 Å². The van der Waals surface area contributed by atoms with E-state index in [2.05, 4.69) is 14.9 Å². The lowest BCUT2D eigenvalue weighted by atomic mass is 9.34. The number of carbonyl (C=O) groups is 1. The number of alkyl halides is 3. The highest BCUT2D eigenvalue weighted by molar-refractivity contribution is 6.30. The molecule has 184 valence electrons. The van der Waals surface area contributed by atoms with Gasteiger partial charge in [0.25, 0.3) is 5.89 Å². The molecule has 0 atom stereocenters. The number of hydrogen-bond donors (Lipinski definition) is 0. The van der Waals surface area contributed by atoms with E-state index in [1.54, 1.807) is 0 Å². The molecular weight excluding hydrogens is 484 g/mol. The fourth-order valence-electron chi connectivity index (χ4n) is 5.27. The van der Waals surface area contributed by atoms with E-state index in [0.717, 1.165) is 19.3 Å². The number of Topliss-reactive ketones (excluding diaryl/α,β-unsaturated/α-hetero) is 1. The number of carbonyl (C=O) groups excluding carboxylic acids is 1. The highest BCUT2D eigenvalue weighted by Gasteiger charge is 2.71. The van der Waals surface area contributed by atoms with E-state index in [-0.39, 0.29) is 65.4 Å². The quantitative estimate of drug-likeness (QED) is 0.425. The Morgan fingerprint density at radius 1 is 1.18 bits per heavy atom. The average Bonchev–Trinajstić information content (AvgIpc) is 3.14. The summed E-state index contributed by atoms with van der Waals surface area (Å²) < 4.78 is 70.4. The predicted molar refractivity (Wildman–Crippen MR) is 108 cm³/mol. The van der Waals surface area contributed by atoms with Crippen molar-refractivity contribution in [2.24, 2.45) is 5.41 Å². The number of ether oxygens (including phenoxy) is 3. The highest BCUT2D eigenvalue weighted by atomic mass is 35.5. The van der Waals surface area contributed by atoms with Crippen molar-refractivity contribution in [2.45, 2.75) is 69.1 Å². The van der Waals surface area contributed by atoms with Crippen molar-refractivity contribution in [3.8, 4) is 5.75 Å². The van der Waals surface area contributed by atoms with Crippen LogP contribution >= 0.6 is 11.6 Å². The van der Waals surface area contributed by atoms with Crippen molar-refractivity contribution in [1.29, 1.82) is 0 Å². The SMILES string of the molecule is O=C(COC1CC(OC(F)(F)F)C1)CC12CC(c3nnc(COc4ccc(Cl)c(F)c4)o3)(C1)C2. The minimum atomic E-state index is -4.65. The van der Waals surface area contributed by atoms with Crippen molar-refractivity contribution in [3.63, 3.8) is 0 Å². The third-order valence-corrected chi connectivity index (χ3v) is 7.02. The first kappa shape index (κ1) is 23.5. The van der Waals surface area contributed by atoms with Gasteiger partial charge in [0.2, 0.25) is 5.89 Å². The van der Waals surface area contributed by atoms with Crippen molar-refractivity contribution in [3.05, 3.63) is 40.8 Å². The van der Waals surface area contributed by atoms with Gasteiger partial charge < -0.3 is 13.9 Å². The van der Waals surface area contributed by atoms with Crippen LogP contribution in [0, 0.1) is 11.2 Å². The summed E-state index contributed by atoms with van der Waals surface area (Å²) in [5.74, 6) is 0.406. The number of nitrogens with zero attached hydrogens (tertiary/aromatic N) is 2. The van der Waals surface area contributed by atoms with Crippen LogP contribution in [0.4, 0.5) is 17.6 Å². The summed E-state index contributed by atoms with van der Waals surface area (Å²) in [5, 5.41) is 8.11. The molecule has 12 heteroatoms. The van der Waals surface area contributed by atoms with Crippen LogP contribution in [0.25, 0.3) is 0 Å². The van der Waals surface area contributed by atoms with E-state index in [4.69, 9.17) is 25.5 Å². The lowest BCUT2D eigenvalue weighted by Gasteiger charge is -2.68. The number of hydrogen-bond acceptors (Lipinski definition) is 7. The van der Waals surface area contributed by atoms with Gasteiger partial charge in [0.15, 0.2) is 12.4 Å². The highest BCUT2D eigenvalue weighted by Crippen LogP contribution is 2.74. The van der Waals surface area contributed by atoms with Crippen LogP contribution in [0.2, 0.25) is 5.02 Å². The Morgan fingerprint density at radius 3 is 2.59 bits per heavy atom. The van der Waals surface area contributed by atoms with Gasteiger partial charge in [0.05, 0.1) is 22.6 Å². The molecule has 34 heavy (non-hydrogen) atoms. The van der Waals surface area contributed by atoms with Gasteiger partial charge in [-0.2, -0.15) is 0 Å². The number of benzene rings is 1. The molecule has 6 rings (SSSR count). The standard InChI is InChI=1S/C22H21ClF4N2O5/c23-16-2-1-13(5-17(16)24)32-8-18-28-29-19(33-18)21-9-20(10-21,11-21)6-12(30)7-31-14-3-15(4-14)34-22(25,26)27/h1-2,5,14-15H,3-4,6-11H2. The van der Waals surface area contributed by atoms with Gasteiger partial charge in [-0.05, 0) is 36.8 Å². The van der Waals surface area contributed by atoms with Crippen LogP contribution in [-0.2, 0) is 26.3 Å². The van der Waals surface area contributed by atoms with Gasteiger partial charge in [-0.3, -0.25) is 9.53 Å². The molecule has 7 nitrogen and oxygen atoms in total. The largest absolute Gasteiger partial charge is 0.522 e. The van der Waals surface area contributed by atoms with Crippen LogP contribution < -0.4 is 4.74 Å². The van der Waals surface area contributed by atoms with Crippen LogP contribution in [0.15, 0.2) is 22.6 Å². The van der Waals surface area contributed by atoms with Gasteiger partial charge in [-0.15, -0.1) is 23.4 Å². The monoisotopic (exact) mass is 504 g/mol. The molecule has 2 bridgehead atoms.